The number of nitrogens with one attached hydrogen (secondary N) is 1. The van der Waals surface area contributed by atoms with Gasteiger partial charge in [0, 0.05) is 29.6 Å². The smallest absolute Gasteiger partial charge is 0.261 e. The molecule has 1 N–H and O–H groups in total. The first-order chi connectivity index (χ1) is 15.6. The van der Waals surface area contributed by atoms with E-state index >= 15 is 0 Å². The van der Waals surface area contributed by atoms with Crippen LogP contribution in [0.1, 0.15) is 40.5 Å². The van der Waals surface area contributed by atoms with Gasteiger partial charge in [0.2, 0.25) is 0 Å². The van der Waals surface area contributed by atoms with Crippen molar-refractivity contribution in [1.82, 2.24) is 14.5 Å². The molecule has 0 bridgehead atoms. The molecule has 0 unspecified atom stereocenters. The predicted octanol–water partition coefficient (Wildman–Crippen LogP) is 3.98. The van der Waals surface area contributed by atoms with Gasteiger partial charge in [0.1, 0.15) is 11.6 Å². The summed E-state index contributed by atoms with van der Waals surface area (Å²) in [5.74, 6) is 1.66. The summed E-state index contributed by atoms with van der Waals surface area (Å²) in [5, 5.41) is 3.33. The van der Waals surface area contributed by atoms with E-state index in [0.717, 1.165) is 30.0 Å². The van der Waals surface area contributed by atoms with Gasteiger partial charge in [0.15, 0.2) is 0 Å². The Hall–Kier alpha value is -4.00. The fourth-order valence-electron chi connectivity index (χ4n) is 3.74. The highest BCUT2D eigenvalue weighted by Gasteiger charge is 2.29. The zero-order valence-corrected chi connectivity index (χ0v) is 17.6. The number of benzene rings is 2. The van der Waals surface area contributed by atoms with Crippen LogP contribution in [-0.4, -0.2) is 27.6 Å². The highest BCUT2D eigenvalue weighted by atomic mass is 16.5. The molecule has 0 aliphatic heterocycles. The number of hydrogen-bond donors (Lipinski definition) is 1. The van der Waals surface area contributed by atoms with E-state index in [4.69, 9.17) is 9.72 Å². The molecule has 1 aliphatic rings. The van der Waals surface area contributed by atoms with E-state index in [2.05, 4.69) is 10.3 Å². The highest BCUT2D eigenvalue weighted by Crippen LogP contribution is 2.39. The molecule has 32 heavy (non-hydrogen) atoms. The molecule has 5 rings (SSSR count). The molecule has 1 amide bonds. The average molecular weight is 426 g/mol. The molecule has 1 aliphatic carbocycles. The number of rotatable bonds is 6. The minimum atomic E-state index is -0.257. The summed E-state index contributed by atoms with van der Waals surface area (Å²) < 4.78 is 6.99. The normalized spacial score (nSPS) is 13.2. The van der Waals surface area contributed by atoms with Gasteiger partial charge in [-0.05, 0) is 60.9 Å². The van der Waals surface area contributed by atoms with Crippen molar-refractivity contribution in [2.45, 2.75) is 25.3 Å². The van der Waals surface area contributed by atoms with E-state index in [-0.39, 0.29) is 11.5 Å². The van der Waals surface area contributed by atoms with Crippen LogP contribution in [0.3, 0.4) is 0 Å². The maximum Gasteiger partial charge on any atom is 0.261 e. The Kier molecular flexibility index (Phi) is 5.15. The Bertz CT molecular complexity index is 1340. The van der Waals surface area contributed by atoms with Crippen LogP contribution in [0.4, 0.5) is 5.69 Å². The standard InChI is InChI=1S/C25H22N4O3/c1-32-20-7-2-16(3-8-20)15-29-23(17-4-5-17)28-22-9-6-19(14-21(22)25(29)31)27-24(30)18-10-12-26-13-11-18/h2-3,6-14,17H,4-5,15H2,1H3,(H,27,30). The molecule has 0 atom stereocenters. The number of pyridine rings is 1. The number of carbonyl (C=O) groups excluding carboxylic acids is 1. The molecular formula is C25H22N4O3. The quantitative estimate of drug-likeness (QED) is 0.504. The van der Waals surface area contributed by atoms with Crippen molar-refractivity contribution in [3.63, 3.8) is 0 Å². The lowest BCUT2D eigenvalue weighted by atomic mass is 10.1. The van der Waals surface area contributed by atoms with Crippen LogP contribution in [0.15, 0.2) is 71.8 Å². The van der Waals surface area contributed by atoms with Gasteiger partial charge in [0.05, 0.1) is 24.6 Å². The maximum atomic E-state index is 13.5. The fourth-order valence-corrected chi connectivity index (χ4v) is 3.74. The van der Waals surface area contributed by atoms with Gasteiger partial charge in [-0.15, -0.1) is 0 Å². The molecule has 7 nitrogen and oxygen atoms in total. The zero-order chi connectivity index (χ0) is 22.1. The molecule has 1 saturated carbocycles. The fraction of sp³-hybridized carbons (Fsp3) is 0.200. The van der Waals surface area contributed by atoms with Crippen LogP contribution in [-0.2, 0) is 6.54 Å². The second-order valence-electron chi connectivity index (χ2n) is 7.91. The number of ether oxygens (including phenoxy) is 1. The molecule has 1 fully saturated rings. The summed E-state index contributed by atoms with van der Waals surface area (Å²) in [4.78, 5) is 34.7. The molecule has 0 saturated heterocycles. The number of anilines is 1. The highest BCUT2D eigenvalue weighted by molar-refractivity contribution is 6.04. The zero-order valence-electron chi connectivity index (χ0n) is 17.6. The van der Waals surface area contributed by atoms with Gasteiger partial charge in [0.25, 0.3) is 11.5 Å². The second kappa shape index (κ2) is 8.26. The number of nitrogens with zero attached hydrogens (tertiary/aromatic N) is 3. The van der Waals surface area contributed by atoms with Crippen LogP contribution in [0, 0.1) is 0 Å². The number of methoxy groups -OCH3 is 1. The van der Waals surface area contributed by atoms with E-state index in [1.807, 2.05) is 24.3 Å². The first-order valence-corrected chi connectivity index (χ1v) is 10.5. The van der Waals surface area contributed by atoms with E-state index in [1.165, 1.54) is 0 Å². The summed E-state index contributed by atoms with van der Waals surface area (Å²) in [5.41, 5.74) is 2.59. The van der Waals surface area contributed by atoms with Crippen molar-refractivity contribution in [3.8, 4) is 5.75 Å². The Morgan fingerprint density at radius 2 is 1.84 bits per heavy atom. The first kappa shape index (κ1) is 19.9. The third-order valence-electron chi connectivity index (χ3n) is 5.63. The van der Waals surface area contributed by atoms with Crippen molar-refractivity contribution in [2.24, 2.45) is 0 Å². The Balaban J connectivity index is 1.52. The Labute approximate surface area is 184 Å². The monoisotopic (exact) mass is 426 g/mol. The molecule has 2 heterocycles. The maximum absolute atomic E-state index is 13.5. The molecule has 7 heteroatoms. The molecule has 0 radical (unpaired) electrons. The van der Waals surface area contributed by atoms with Gasteiger partial charge in [-0.25, -0.2) is 4.98 Å². The third-order valence-corrected chi connectivity index (χ3v) is 5.63. The SMILES string of the molecule is COc1ccc(Cn2c(C3CC3)nc3ccc(NC(=O)c4ccncc4)cc3c2=O)cc1. The Morgan fingerprint density at radius 3 is 2.53 bits per heavy atom. The second-order valence-corrected chi connectivity index (χ2v) is 7.91. The van der Waals surface area contributed by atoms with Crippen LogP contribution in [0.5, 0.6) is 5.75 Å². The van der Waals surface area contributed by atoms with E-state index < -0.39 is 0 Å². The Morgan fingerprint density at radius 1 is 1.09 bits per heavy atom. The van der Waals surface area contributed by atoms with E-state index in [0.29, 0.717) is 34.6 Å². The number of amides is 1. The van der Waals surface area contributed by atoms with Crippen molar-refractivity contribution in [2.75, 3.05) is 12.4 Å². The van der Waals surface area contributed by atoms with Gasteiger partial charge in [-0.3, -0.25) is 19.1 Å². The third kappa shape index (κ3) is 3.97. The molecule has 160 valence electrons. The van der Waals surface area contributed by atoms with Crippen molar-refractivity contribution in [1.29, 1.82) is 0 Å². The topological polar surface area (TPSA) is 86.1 Å². The minimum Gasteiger partial charge on any atom is -0.497 e. The summed E-state index contributed by atoms with van der Waals surface area (Å²) in [6.07, 6.45) is 5.22. The van der Waals surface area contributed by atoms with Gasteiger partial charge < -0.3 is 10.1 Å². The molecule has 0 spiro atoms. The van der Waals surface area contributed by atoms with Crippen molar-refractivity contribution in [3.05, 3.63) is 94.3 Å². The van der Waals surface area contributed by atoms with Crippen LogP contribution >= 0.6 is 0 Å². The number of aromatic nitrogens is 3. The largest absolute Gasteiger partial charge is 0.497 e. The van der Waals surface area contributed by atoms with Gasteiger partial charge in [-0.2, -0.15) is 0 Å². The molecule has 4 aromatic rings. The van der Waals surface area contributed by atoms with Crippen LogP contribution in [0.2, 0.25) is 0 Å². The number of fused-ring (bicyclic) bond motifs is 1. The van der Waals surface area contributed by atoms with Crippen molar-refractivity contribution < 1.29 is 9.53 Å². The lowest BCUT2D eigenvalue weighted by Gasteiger charge is -2.14. The molecule has 2 aromatic heterocycles. The molecular weight excluding hydrogens is 404 g/mol. The number of carbonyl (C=O) groups is 1. The van der Waals surface area contributed by atoms with E-state index in [9.17, 15) is 9.59 Å². The van der Waals surface area contributed by atoms with Gasteiger partial charge in [-0.1, -0.05) is 12.1 Å². The number of hydrogen-bond acceptors (Lipinski definition) is 5. The summed E-state index contributed by atoms with van der Waals surface area (Å²) in [7, 11) is 1.63. The summed E-state index contributed by atoms with van der Waals surface area (Å²) in [6, 6.07) is 16.2. The predicted molar refractivity (Wildman–Crippen MR) is 122 cm³/mol. The summed E-state index contributed by atoms with van der Waals surface area (Å²) in [6.45, 7) is 0.436. The lowest BCUT2D eigenvalue weighted by molar-refractivity contribution is 0.102. The van der Waals surface area contributed by atoms with Crippen LogP contribution in [0.25, 0.3) is 10.9 Å². The molecule has 2 aromatic carbocycles. The van der Waals surface area contributed by atoms with Gasteiger partial charge >= 0.3 is 0 Å². The van der Waals surface area contributed by atoms with Crippen LogP contribution < -0.4 is 15.6 Å². The minimum absolute atomic E-state index is 0.104. The lowest BCUT2D eigenvalue weighted by Crippen LogP contribution is -2.26. The summed E-state index contributed by atoms with van der Waals surface area (Å²) >= 11 is 0. The van der Waals surface area contributed by atoms with E-state index in [1.54, 1.807) is 54.4 Å². The first-order valence-electron chi connectivity index (χ1n) is 10.5. The van der Waals surface area contributed by atoms with Crippen molar-refractivity contribution >= 4 is 22.5 Å². The average Bonchev–Trinajstić information content (AvgIpc) is 3.67.